The van der Waals surface area contributed by atoms with E-state index in [1.54, 1.807) is 16.7 Å². The van der Waals surface area contributed by atoms with Gasteiger partial charge in [0, 0.05) is 63.1 Å². The van der Waals surface area contributed by atoms with Gasteiger partial charge in [-0.3, -0.25) is 14.4 Å². The summed E-state index contributed by atoms with van der Waals surface area (Å²) in [6.45, 7) is 17.2. The van der Waals surface area contributed by atoms with Crippen LogP contribution in [0.5, 0.6) is 0 Å². The Morgan fingerprint density at radius 3 is 2.41 bits per heavy atom. The van der Waals surface area contributed by atoms with Gasteiger partial charge in [0.25, 0.3) is 0 Å². The molecule has 1 aromatic heterocycles. The molecule has 4 rings (SSSR count). The van der Waals surface area contributed by atoms with E-state index in [2.05, 4.69) is 15.3 Å². The second-order valence-electron chi connectivity index (χ2n) is 12.2. The first kappa shape index (κ1) is 30.4. The largest absolute Gasteiger partial charge is 0.447 e. The molecule has 3 amide bonds. The fraction of sp³-hybridized carbons (Fsp3) is 0.600. The van der Waals surface area contributed by atoms with Crippen molar-refractivity contribution in [3.63, 3.8) is 0 Å². The molecule has 11 heteroatoms. The van der Waals surface area contributed by atoms with E-state index in [1.807, 2.05) is 76.8 Å². The molecule has 2 aliphatic heterocycles. The molecule has 2 aromatic rings. The van der Waals surface area contributed by atoms with E-state index in [1.165, 1.54) is 0 Å². The Morgan fingerprint density at radius 1 is 1.07 bits per heavy atom. The Labute approximate surface area is 242 Å². The molecule has 224 valence electrons. The van der Waals surface area contributed by atoms with Gasteiger partial charge in [-0.1, -0.05) is 6.07 Å². The number of ether oxygens (including phenoxy) is 2. The Hall–Kier alpha value is -3.60. The monoisotopic (exact) mass is 568 g/mol. The molecule has 0 saturated carbocycles. The van der Waals surface area contributed by atoms with Gasteiger partial charge >= 0.3 is 12.2 Å². The zero-order chi connectivity index (χ0) is 29.9. The number of aromatic nitrogens is 2. The standard InChI is InChI=1S/C30H44N6O5/c1-20(2)40-28(38)32-26-16-21(3)36(22(4)37)27-9-8-23(17-25(26)27)24-18-31-35(19-24)15-12-33-10-13-34(14-11-33)29(39)41-30(5,6)7/h8-9,17-21,26H,10-16H2,1-7H3,(H,32,38)/t21-,26+/m1/s1. The van der Waals surface area contributed by atoms with Crippen molar-refractivity contribution in [2.24, 2.45) is 0 Å². The summed E-state index contributed by atoms with van der Waals surface area (Å²) in [5.74, 6) is -0.0329. The van der Waals surface area contributed by atoms with E-state index in [-0.39, 0.29) is 30.2 Å². The number of benzene rings is 1. The van der Waals surface area contributed by atoms with Crippen LogP contribution in [-0.2, 0) is 20.8 Å². The quantitative estimate of drug-likeness (QED) is 0.549. The highest BCUT2D eigenvalue weighted by Gasteiger charge is 2.34. The molecule has 2 aliphatic rings. The number of rotatable bonds is 6. The summed E-state index contributed by atoms with van der Waals surface area (Å²) in [5.41, 5.74) is 3.11. The molecule has 1 fully saturated rings. The third-order valence-electron chi connectivity index (χ3n) is 7.29. The molecule has 0 aliphatic carbocycles. The van der Waals surface area contributed by atoms with E-state index in [0.717, 1.165) is 48.6 Å². The lowest BCUT2D eigenvalue weighted by Gasteiger charge is -2.39. The minimum Gasteiger partial charge on any atom is -0.447 e. The first-order valence-electron chi connectivity index (χ1n) is 14.4. The van der Waals surface area contributed by atoms with Crippen LogP contribution in [0.4, 0.5) is 15.3 Å². The fourth-order valence-corrected chi connectivity index (χ4v) is 5.41. The summed E-state index contributed by atoms with van der Waals surface area (Å²) in [6.07, 6.45) is 3.49. The van der Waals surface area contributed by atoms with Crippen LogP contribution >= 0.6 is 0 Å². The second-order valence-corrected chi connectivity index (χ2v) is 12.2. The van der Waals surface area contributed by atoms with Crippen molar-refractivity contribution in [2.45, 2.75) is 85.2 Å². The molecular formula is C30H44N6O5. The van der Waals surface area contributed by atoms with E-state index < -0.39 is 11.7 Å². The molecule has 41 heavy (non-hydrogen) atoms. The van der Waals surface area contributed by atoms with Crippen LogP contribution in [0.1, 0.15) is 66.5 Å². The third kappa shape index (κ3) is 7.78. The number of amides is 3. The van der Waals surface area contributed by atoms with Crippen molar-refractivity contribution in [2.75, 3.05) is 37.6 Å². The number of carbonyl (C=O) groups is 3. The Bertz CT molecular complexity index is 1240. The summed E-state index contributed by atoms with van der Waals surface area (Å²) in [5, 5.41) is 7.58. The van der Waals surface area contributed by atoms with Gasteiger partial charge in [0.2, 0.25) is 5.91 Å². The summed E-state index contributed by atoms with van der Waals surface area (Å²) < 4.78 is 12.8. The normalized spacial score (nSPS) is 19.6. The SMILES string of the molecule is CC(=O)N1c2ccc(-c3cnn(CCN4CCN(C(=O)OC(C)(C)C)CC4)c3)cc2[C@@H](NC(=O)OC(C)C)C[C@H]1C. The highest BCUT2D eigenvalue weighted by atomic mass is 16.6. The minimum atomic E-state index is -0.494. The molecule has 3 heterocycles. The highest BCUT2D eigenvalue weighted by molar-refractivity contribution is 5.94. The molecule has 0 spiro atoms. The maximum atomic E-state index is 12.5. The van der Waals surface area contributed by atoms with Gasteiger partial charge in [0.05, 0.1) is 24.9 Å². The van der Waals surface area contributed by atoms with Crippen LogP contribution in [0, 0.1) is 0 Å². The maximum absolute atomic E-state index is 12.5. The van der Waals surface area contributed by atoms with Crippen molar-refractivity contribution in [1.29, 1.82) is 0 Å². The molecular weight excluding hydrogens is 524 g/mol. The first-order valence-corrected chi connectivity index (χ1v) is 14.4. The molecule has 0 unspecified atom stereocenters. The number of fused-ring (bicyclic) bond motifs is 1. The lowest BCUT2D eigenvalue weighted by Crippen LogP contribution is -2.50. The van der Waals surface area contributed by atoms with E-state index in [4.69, 9.17) is 9.47 Å². The highest BCUT2D eigenvalue weighted by Crippen LogP contribution is 2.39. The van der Waals surface area contributed by atoms with Gasteiger partial charge in [-0.15, -0.1) is 0 Å². The molecule has 1 N–H and O–H groups in total. The molecule has 1 saturated heterocycles. The van der Waals surface area contributed by atoms with E-state index in [0.29, 0.717) is 19.5 Å². The fourth-order valence-electron chi connectivity index (χ4n) is 5.41. The smallest absolute Gasteiger partial charge is 0.410 e. The Morgan fingerprint density at radius 2 is 1.78 bits per heavy atom. The number of hydrogen-bond acceptors (Lipinski definition) is 7. The van der Waals surface area contributed by atoms with Crippen molar-refractivity contribution < 1.29 is 23.9 Å². The summed E-state index contributed by atoms with van der Waals surface area (Å²) >= 11 is 0. The minimum absolute atomic E-state index is 0.0329. The Balaban J connectivity index is 1.42. The van der Waals surface area contributed by atoms with Crippen molar-refractivity contribution in [1.82, 2.24) is 24.9 Å². The average molecular weight is 569 g/mol. The Kier molecular flexibility index (Phi) is 9.26. The molecule has 2 atom stereocenters. The average Bonchev–Trinajstić information content (AvgIpc) is 3.35. The predicted molar refractivity (Wildman–Crippen MR) is 157 cm³/mol. The lowest BCUT2D eigenvalue weighted by molar-refractivity contribution is -0.117. The van der Waals surface area contributed by atoms with Gasteiger partial charge in [-0.05, 0) is 71.2 Å². The lowest BCUT2D eigenvalue weighted by atomic mass is 9.89. The van der Waals surface area contributed by atoms with Gasteiger partial charge in [-0.2, -0.15) is 5.10 Å². The number of nitrogens with zero attached hydrogens (tertiary/aromatic N) is 5. The van der Waals surface area contributed by atoms with Gasteiger partial charge in [-0.25, -0.2) is 9.59 Å². The van der Waals surface area contributed by atoms with Gasteiger partial charge < -0.3 is 24.6 Å². The molecule has 11 nitrogen and oxygen atoms in total. The van der Waals surface area contributed by atoms with Crippen LogP contribution in [0.3, 0.4) is 0 Å². The van der Waals surface area contributed by atoms with Crippen LogP contribution < -0.4 is 10.2 Å². The number of carbonyl (C=O) groups excluding carboxylic acids is 3. The van der Waals surface area contributed by atoms with E-state index >= 15 is 0 Å². The predicted octanol–water partition coefficient (Wildman–Crippen LogP) is 4.42. The zero-order valence-electron chi connectivity index (χ0n) is 25.3. The summed E-state index contributed by atoms with van der Waals surface area (Å²) in [6, 6.07) is 5.63. The van der Waals surface area contributed by atoms with Crippen molar-refractivity contribution in [3.05, 3.63) is 36.2 Å². The topological polar surface area (TPSA) is 109 Å². The van der Waals surface area contributed by atoms with Crippen LogP contribution in [0.2, 0.25) is 0 Å². The third-order valence-corrected chi connectivity index (χ3v) is 7.29. The molecule has 1 aromatic carbocycles. The number of nitrogens with one attached hydrogen (secondary N) is 1. The number of piperazine rings is 1. The van der Waals surface area contributed by atoms with Gasteiger partial charge in [0.15, 0.2) is 0 Å². The van der Waals surface area contributed by atoms with Crippen molar-refractivity contribution >= 4 is 23.8 Å². The van der Waals surface area contributed by atoms with E-state index in [9.17, 15) is 14.4 Å². The number of hydrogen-bond donors (Lipinski definition) is 1. The van der Waals surface area contributed by atoms with Crippen LogP contribution in [0.15, 0.2) is 30.6 Å². The number of anilines is 1. The van der Waals surface area contributed by atoms with Crippen LogP contribution in [-0.4, -0.2) is 88.1 Å². The summed E-state index contributed by atoms with van der Waals surface area (Å²) in [7, 11) is 0. The molecule has 0 radical (unpaired) electrons. The van der Waals surface area contributed by atoms with Gasteiger partial charge in [0.1, 0.15) is 5.60 Å². The van der Waals surface area contributed by atoms with Crippen LogP contribution in [0.25, 0.3) is 11.1 Å². The molecule has 0 bridgehead atoms. The number of alkyl carbamates (subject to hydrolysis) is 1. The second kappa shape index (κ2) is 12.5. The zero-order valence-corrected chi connectivity index (χ0v) is 25.3. The van der Waals surface area contributed by atoms with Crippen molar-refractivity contribution in [3.8, 4) is 11.1 Å². The maximum Gasteiger partial charge on any atom is 0.410 e. The first-order chi connectivity index (χ1) is 19.3. The summed E-state index contributed by atoms with van der Waals surface area (Å²) in [4.78, 5) is 43.2.